The van der Waals surface area contributed by atoms with Crippen molar-refractivity contribution >= 4 is 22.6 Å². The van der Waals surface area contributed by atoms with E-state index in [-0.39, 0.29) is 5.39 Å². The van der Waals surface area contributed by atoms with Gasteiger partial charge in [0.05, 0.1) is 12.0 Å². The zero-order chi connectivity index (χ0) is 16.6. The summed E-state index contributed by atoms with van der Waals surface area (Å²) in [5.41, 5.74) is -2.80. The number of fused-ring (bicyclic) bond motifs is 1. The van der Waals surface area contributed by atoms with Gasteiger partial charge in [0.1, 0.15) is 5.56 Å². The number of hydrogen-bond acceptors (Lipinski definition) is 8. The summed E-state index contributed by atoms with van der Waals surface area (Å²) < 4.78 is 4.76. The van der Waals surface area contributed by atoms with Crippen LogP contribution in [-0.2, 0) is 4.84 Å². The van der Waals surface area contributed by atoms with Gasteiger partial charge in [-0.15, -0.1) is 0 Å². The molecule has 0 radical (unpaired) electrons. The molecule has 1 aromatic heterocycles. The summed E-state index contributed by atoms with van der Waals surface area (Å²) in [6.07, 6.45) is 0. The van der Waals surface area contributed by atoms with E-state index in [0.29, 0.717) is 0 Å². The van der Waals surface area contributed by atoms with Crippen molar-refractivity contribution < 1.29 is 29.2 Å². The highest BCUT2D eigenvalue weighted by Crippen LogP contribution is 2.41. The van der Waals surface area contributed by atoms with Gasteiger partial charge in [0.25, 0.3) is 5.91 Å². The van der Waals surface area contributed by atoms with Crippen molar-refractivity contribution in [2.45, 2.75) is 0 Å². The quantitative estimate of drug-likeness (QED) is 0.365. The third-order valence-corrected chi connectivity index (χ3v) is 2.94. The number of phenolic OH excluding ortho intramolecular Hbond substituents is 2. The molecule has 0 fully saturated rings. The summed E-state index contributed by atoms with van der Waals surface area (Å²) in [5, 5.41) is 30.7. The lowest BCUT2D eigenvalue weighted by molar-refractivity contribution is -0.385. The van der Waals surface area contributed by atoms with Crippen LogP contribution in [0.1, 0.15) is 10.4 Å². The van der Waals surface area contributed by atoms with E-state index in [0.717, 1.165) is 17.2 Å². The molecule has 0 saturated carbocycles. The molecule has 22 heavy (non-hydrogen) atoms. The first-order chi connectivity index (χ1) is 10.3. The van der Waals surface area contributed by atoms with Crippen LogP contribution in [0.4, 0.5) is 5.69 Å². The molecule has 0 aliphatic rings. The van der Waals surface area contributed by atoms with Crippen LogP contribution in [0, 0.1) is 10.1 Å². The molecule has 1 heterocycles. The summed E-state index contributed by atoms with van der Waals surface area (Å²) in [6, 6.07) is 1.88. The maximum atomic E-state index is 11.9. The lowest BCUT2D eigenvalue weighted by Gasteiger charge is -2.13. The maximum Gasteiger partial charge on any atom is 0.349 e. The maximum absolute atomic E-state index is 11.9. The smallest absolute Gasteiger partial charge is 0.349 e. The van der Waals surface area contributed by atoms with Crippen molar-refractivity contribution in [3.05, 3.63) is 38.2 Å². The zero-order valence-corrected chi connectivity index (χ0v) is 11.4. The van der Waals surface area contributed by atoms with Crippen molar-refractivity contribution in [1.82, 2.24) is 5.06 Å². The topological polar surface area (TPSA) is 143 Å². The van der Waals surface area contributed by atoms with Gasteiger partial charge in [-0.1, -0.05) is 0 Å². The molecular formula is C12H10N2O8. The number of carbonyl (C=O) groups is 1. The summed E-state index contributed by atoms with van der Waals surface area (Å²) in [7, 11) is 2.46. The summed E-state index contributed by atoms with van der Waals surface area (Å²) in [4.78, 5) is 38.2. The van der Waals surface area contributed by atoms with Crippen LogP contribution >= 0.6 is 0 Å². The monoisotopic (exact) mass is 310 g/mol. The minimum absolute atomic E-state index is 0.102. The second-order valence-corrected chi connectivity index (χ2v) is 4.20. The molecule has 2 aromatic rings. The number of nitro benzene ring substituents is 1. The van der Waals surface area contributed by atoms with Crippen LogP contribution < -0.4 is 5.63 Å². The summed E-state index contributed by atoms with van der Waals surface area (Å²) in [5.74, 6) is -2.83. The third kappa shape index (κ3) is 2.31. The van der Waals surface area contributed by atoms with E-state index in [1.807, 2.05) is 0 Å². The fourth-order valence-corrected chi connectivity index (χ4v) is 1.76. The van der Waals surface area contributed by atoms with Gasteiger partial charge in [0.15, 0.2) is 5.58 Å². The lowest BCUT2D eigenvalue weighted by Crippen LogP contribution is -2.29. The molecule has 116 valence electrons. The van der Waals surface area contributed by atoms with Gasteiger partial charge in [-0.05, 0) is 6.07 Å². The van der Waals surface area contributed by atoms with Crippen molar-refractivity contribution in [1.29, 1.82) is 0 Å². The first kappa shape index (κ1) is 15.3. The minimum atomic E-state index is -1.09. The van der Waals surface area contributed by atoms with Crippen LogP contribution in [0.2, 0.25) is 0 Å². The second kappa shape index (κ2) is 5.33. The van der Waals surface area contributed by atoms with E-state index >= 15 is 0 Å². The van der Waals surface area contributed by atoms with E-state index < -0.39 is 44.8 Å². The Morgan fingerprint density at radius 3 is 2.55 bits per heavy atom. The average Bonchev–Trinajstić information content (AvgIpc) is 2.49. The average molecular weight is 310 g/mol. The first-order valence-corrected chi connectivity index (χ1v) is 5.77. The van der Waals surface area contributed by atoms with Gasteiger partial charge in [-0.2, -0.15) is 0 Å². The largest absolute Gasteiger partial charge is 0.501 e. The van der Waals surface area contributed by atoms with Crippen molar-refractivity contribution in [3.8, 4) is 11.5 Å². The van der Waals surface area contributed by atoms with Gasteiger partial charge >= 0.3 is 11.3 Å². The molecule has 2 rings (SSSR count). The van der Waals surface area contributed by atoms with Crippen molar-refractivity contribution in [3.63, 3.8) is 0 Å². The van der Waals surface area contributed by atoms with Gasteiger partial charge in [0, 0.05) is 18.5 Å². The number of nitro groups is 1. The molecule has 1 amide bonds. The number of amides is 1. The molecule has 10 heteroatoms. The van der Waals surface area contributed by atoms with Crippen LogP contribution in [0.25, 0.3) is 11.0 Å². The van der Waals surface area contributed by atoms with Crippen molar-refractivity contribution in [2.24, 2.45) is 0 Å². The number of aromatic hydroxyl groups is 2. The molecule has 0 atom stereocenters. The number of benzene rings is 1. The normalized spacial score (nSPS) is 10.6. The molecular weight excluding hydrogens is 300 g/mol. The van der Waals surface area contributed by atoms with Gasteiger partial charge in [0.2, 0.25) is 11.5 Å². The van der Waals surface area contributed by atoms with Crippen LogP contribution in [0.15, 0.2) is 21.3 Å². The summed E-state index contributed by atoms with van der Waals surface area (Å²) in [6.45, 7) is 0. The second-order valence-electron chi connectivity index (χ2n) is 4.20. The standard InChI is InChI=1S/C12H10N2O8/c1-13(21-2)11(17)6-3-5-4-7(14(19)20)8(15)9(16)10(5)22-12(6)18/h3-4,15-16H,1-2H3. The highest BCUT2D eigenvalue weighted by Gasteiger charge is 2.25. The molecule has 0 aliphatic carbocycles. The Morgan fingerprint density at radius 2 is 2.00 bits per heavy atom. The molecule has 0 spiro atoms. The number of carbonyl (C=O) groups excluding carboxylic acids is 1. The van der Waals surface area contributed by atoms with E-state index in [9.17, 15) is 29.9 Å². The Bertz CT molecular complexity index is 841. The fourth-order valence-electron chi connectivity index (χ4n) is 1.76. The van der Waals surface area contributed by atoms with E-state index in [2.05, 4.69) is 4.84 Å². The van der Waals surface area contributed by atoms with Crippen LogP contribution in [-0.4, -0.2) is 40.3 Å². The fraction of sp³-hybridized carbons (Fsp3) is 0.167. The molecule has 0 unspecified atom stereocenters. The number of rotatable bonds is 3. The number of hydroxylamine groups is 2. The Balaban J connectivity index is 2.78. The van der Waals surface area contributed by atoms with Gasteiger partial charge in [-0.3, -0.25) is 19.7 Å². The molecule has 0 aliphatic heterocycles. The van der Waals surface area contributed by atoms with E-state index in [4.69, 9.17) is 4.42 Å². The van der Waals surface area contributed by atoms with Gasteiger partial charge in [-0.25, -0.2) is 9.86 Å². The van der Waals surface area contributed by atoms with Crippen LogP contribution in [0.5, 0.6) is 11.5 Å². The summed E-state index contributed by atoms with van der Waals surface area (Å²) >= 11 is 0. The number of phenols is 2. The SMILES string of the molecule is CON(C)C(=O)c1cc2cc([N+](=O)[O-])c(O)c(O)c2oc1=O. The zero-order valence-electron chi connectivity index (χ0n) is 11.4. The molecule has 1 aromatic carbocycles. The van der Waals surface area contributed by atoms with E-state index in [1.54, 1.807) is 0 Å². The molecule has 2 N–H and O–H groups in total. The third-order valence-electron chi connectivity index (χ3n) is 2.94. The number of hydrogen-bond donors (Lipinski definition) is 2. The molecule has 10 nitrogen and oxygen atoms in total. The Labute approximate surface area is 121 Å². The Hall–Kier alpha value is -3.14. The van der Waals surface area contributed by atoms with Crippen LogP contribution in [0.3, 0.4) is 0 Å². The highest BCUT2D eigenvalue weighted by molar-refractivity contribution is 5.98. The molecule has 0 bridgehead atoms. The Kier molecular flexibility index (Phi) is 3.70. The lowest BCUT2D eigenvalue weighted by atomic mass is 10.1. The minimum Gasteiger partial charge on any atom is -0.501 e. The van der Waals surface area contributed by atoms with Gasteiger partial charge < -0.3 is 14.6 Å². The predicted molar refractivity (Wildman–Crippen MR) is 71.6 cm³/mol. The van der Waals surface area contributed by atoms with E-state index in [1.165, 1.54) is 14.2 Å². The first-order valence-electron chi connectivity index (χ1n) is 5.77. The molecule has 0 saturated heterocycles. The Morgan fingerprint density at radius 1 is 1.36 bits per heavy atom. The number of nitrogens with zero attached hydrogens (tertiary/aromatic N) is 2. The van der Waals surface area contributed by atoms with Crippen molar-refractivity contribution in [2.75, 3.05) is 14.2 Å². The predicted octanol–water partition coefficient (Wildman–Crippen LogP) is 0.746. The highest BCUT2D eigenvalue weighted by atomic mass is 16.7.